The molecule has 1 heterocycles. The number of amides is 1. The van der Waals surface area contributed by atoms with Crippen molar-refractivity contribution in [3.63, 3.8) is 0 Å². The van der Waals surface area contributed by atoms with Gasteiger partial charge in [0.2, 0.25) is 5.91 Å². The number of nitrogens with one attached hydrogen (secondary N) is 2. The lowest BCUT2D eigenvalue weighted by molar-refractivity contribution is -0.127. The third-order valence-corrected chi connectivity index (χ3v) is 3.30. The molecule has 0 aromatic carbocycles. The SMILES string of the molecule is CC(C)C(C)NC(=O)C(C)C1CNC1. The second kappa shape index (κ2) is 4.78. The van der Waals surface area contributed by atoms with Crippen LogP contribution in [-0.2, 0) is 4.79 Å². The van der Waals surface area contributed by atoms with Gasteiger partial charge in [0.1, 0.15) is 0 Å². The number of carbonyl (C=O) groups excluding carboxylic acids is 1. The van der Waals surface area contributed by atoms with E-state index in [1.54, 1.807) is 0 Å². The summed E-state index contributed by atoms with van der Waals surface area (Å²) < 4.78 is 0. The molecule has 3 nitrogen and oxygen atoms in total. The van der Waals surface area contributed by atoms with E-state index in [0.717, 1.165) is 13.1 Å². The van der Waals surface area contributed by atoms with Gasteiger partial charge >= 0.3 is 0 Å². The van der Waals surface area contributed by atoms with Gasteiger partial charge in [0.15, 0.2) is 0 Å². The average molecular weight is 198 g/mol. The van der Waals surface area contributed by atoms with Crippen molar-refractivity contribution in [2.45, 2.75) is 33.7 Å². The van der Waals surface area contributed by atoms with E-state index in [4.69, 9.17) is 0 Å². The van der Waals surface area contributed by atoms with Gasteiger partial charge in [-0.05, 0) is 31.8 Å². The normalized spacial score (nSPS) is 21.5. The Kier molecular flexibility index (Phi) is 3.93. The Labute approximate surface area is 86.6 Å². The Morgan fingerprint density at radius 1 is 1.29 bits per heavy atom. The van der Waals surface area contributed by atoms with Crippen LogP contribution >= 0.6 is 0 Å². The Balaban J connectivity index is 2.33. The molecule has 2 unspecified atom stereocenters. The minimum Gasteiger partial charge on any atom is -0.353 e. The summed E-state index contributed by atoms with van der Waals surface area (Å²) in [5.41, 5.74) is 0. The first-order valence-electron chi connectivity index (χ1n) is 5.53. The molecule has 14 heavy (non-hydrogen) atoms. The Morgan fingerprint density at radius 2 is 1.86 bits per heavy atom. The van der Waals surface area contributed by atoms with Crippen molar-refractivity contribution in [1.29, 1.82) is 0 Å². The highest BCUT2D eigenvalue weighted by Crippen LogP contribution is 2.16. The molecule has 0 radical (unpaired) electrons. The summed E-state index contributed by atoms with van der Waals surface area (Å²) in [7, 11) is 0. The highest BCUT2D eigenvalue weighted by Gasteiger charge is 2.29. The van der Waals surface area contributed by atoms with Gasteiger partial charge in [-0.1, -0.05) is 20.8 Å². The van der Waals surface area contributed by atoms with Crippen LogP contribution < -0.4 is 10.6 Å². The van der Waals surface area contributed by atoms with E-state index in [2.05, 4.69) is 31.4 Å². The molecule has 0 aliphatic carbocycles. The molecular weight excluding hydrogens is 176 g/mol. The predicted molar refractivity (Wildman–Crippen MR) is 58.0 cm³/mol. The van der Waals surface area contributed by atoms with Gasteiger partial charge in [-0.15, -0.1) is 0 Å². The van der Waals surface area contributed by atoms with E-state index in [-0.39, 0.29) is 17.9 Å². The van der Waals surface area contributed by atoms with Crippen LogP contribution in [0.15, 0.2) is 0 Å². The third kappa shape index (κ3) is 2.71. The van der Waals surface area contributed by atoms with E-state index in [1.165, 1.54) is 0 Å². The van der Waals surface area contributed by atoms with Crippen molar-refractivity contribution in [2.24, 2.45) is 17.8 Å². The zero-order valence-corrected chi connectivity index (χ0v) is 9.63. The fourth-order valence-electron chi connectivity index (χ4n) is 1.40. The highest BCUT2D eigenvalue weighted by atomic mass is 16.1. The summed E-state index contributed by atoms with van der Waals surface area (Å²) in [4.78, 5) is 11.8. The first-order valence-corrected chi connectivity index (χ1v) is 5.53. The second-order valence-corrected chi connectivity index (χ2v) is 4.75. The fourth-order valence-corrected chi connectivity index (χ4v) is 1.40. The lowest BCUT2D eigenvalue weighted by Crippen LogP contribution is -2.51. The number of rotatable bonds is 4. The minimum atomic E-state index is 0.150. The molecule has 2 N–H and O–H groups in total. The zero-order chi connectivity index (χ0) is 10.7. The summed E-state index contributed by atoms with van der Waals surface area (Å²) in [6.07, 6.45) is 0. The lowest BCUT2D eigenvalue weighted by Gasteiger charge is -2.32. The Bertz CT molecular complexity index is 199. The van der Waals surface area contributed by atoms with Crippen LogP contribution in [0, 0.1) is 17.8 Å². The largest absolute Gasteiger partial charge is 0.353 e. The third-order valence-electron chi connectivity index (χ3n) is 3.30. The van der Waals surface area contributed by atoms with Gasteiger partial charge in [-0.25, -0.2) is 0 Å². The Morgan fingerprint density at radius 3 is 2.21 bits per heavy atom. The summed E-state index contributed by atoms with van der Waals surface area (Å²) in [5, 5.41) is 6.25. The van der Waals surface area contributed by atoms with E-state index in [0.29, 0.717) is 11.8 Å². The highest BCUT2D eigenvalue weighted by molar-refractivity contribution is 5.79. The first kappa shape index (κ1) is 11.5. The van der Waals surface area contributed by atoms with Crippen LogP contribution in [0.25, 0.3) is 0 Å². The van der Waals surface area contributed by atoms with Crippen molar-refractivity contribution < 1.29 is 4.79 Å². The molecule has 0 saturated carbocycles. The molecular formula is C11H22N2O. The van der Waals surface area contributed by atoms with Gasteiger partial charge in [-0.3, -0.25) is 4.79 Å². The van der Waals surface area contributed by atoms with Gasteiger partial charge < -0.3 is 10.6 Å². The molecule has 0 spiro atoms. The zero-order valence-electron chi connectivity index (χ0n) is 9.63. The van der Waals surface area contributed by atoms with Gasteiger partial charge in [0, 0.05) is 12.0 Å². The maximum atomic E-state index is 11.8. The number of carbonyl (C=O) groups is 1. The molecule has 1 aliphatic rings. The molecule has 82 valence electrons. The summed E-state index contributed by atoms with van der Waals surface area (Å²) in [6, 6.07) is 0.276. The van der Waals surface area contributed by atoms with Crippen LogP contribution in [0.4, 0.5) is 0 Å². The van der Waals surface area contributed by atoms with Crippen molar-refractivity contribution in [3.05, 3.63) is 0 Å². The topological polar surface area (TPSA) is 41.1 Å². The number of hydrogen-bond donors (Lipinski definition) is 2. The smallest absolute Gasteiger partial charge is 0.223 e. The van der Waals surface area contributed by atoms with E-state index in [1.807, 2.05) is 6.92 Å². The quantitative estimate of drug-likeness (QED) is 0.707. The predicted octanol–water partition coefficient (Wildman–Crippen LogP) is 1.00. The van der Waals surface area contributed by atoms with Crippen LogP contribution in [0.2, 0.25) is 0 Å². The van der Waals surface area contributed by atoms with Crippen molar-refractivity contribution in [3.8, 4) is 0 Å². The van der Waals surface area contributed by atoms with Crippen molar-refractivity contribution in [1.82, 2.24) is 10.6 Å². The summed E-state index contributed by atoms with van der Waals surface area (Å²) in [5.74, 6) is 1.40. The maximum Gasteiger partial charge on any atom is 0.223 e. The molecule has 2 atom stereocenters. The lowest BCUT2D eigenvalue weighted by atomic mass is 9.88. The molecule has 1 rings (SSSR count). The molecule has 1 saturated heterocycles. The molecule has 0 bridgehead atoms. The monoisotopic (exact) mass is 198 g/mol. The van der Waals surface area contributed by atoms with Gasteiger partial charge in [0.05, 0.1) is 0 Å². The van der Waals surface area contributed by atoms with E-state index >= 15 is 0 Å². The minimum absolute atomic E-state index is 0.150. The van der Waals surface area contributed by atoms with Crippen molar-refractivity contribution >= 4 is 5.91 Å². The van der Waals surface area contributed by atoms with Gasteiger partial charge in [0.25, 0.3) is 0 Å². The summed E-state index contributed by atoms with van der Waals surface area (Å²) >= 11 is 0. The first-order chi connectivity index (χ1) is 6.52. The second-order valence-electron chi connectivity index (χ2n) is 4.75. The molecule has 3 heteroatoms. The van der Waals surface area contributed by atoms with Crippen LogP contribution in [0.5, 0.6) is 0 Å². The van der Waals surface area contributed by atoms with Gasteiger partial charge in [-0.2, -0.15) is 0 Å². The maximum absolute atomic E-state index is 11.8. The van der Waals surface area contributed by atoms with E-state index < -0.39 is 0 Å². The standard InChI is InChI=1S/C11H22N2O/c1-7(2)9(4)13-11(14)8(3)10-5-12-6-10/h7-10,12H,5-6H2,1-4H3,(H,13,14). The summed E-state index contributed by atoms with van der Waals surface area (Å²) in [6.45, 7) is 10.3. The van der Waals surface area contributed by atoms with Crippen LogP contribution in [0.1, 0.15) is 27.7 Å². The number of hydrogen-bond acceptors (Lipinski definition) is 2. The van der Waals surface area contributed by atoms with Crippen LogP contribution in [-0.4, -0.2) is 25.0 Å². The fraction of sp³-hybridized carbons (Fsp3) is 0.909. The Hall–Kier alpha value is -0.570. The van der Waals surface area contributed by atoms with Crippen LogP contribution in [0.3, 0.4) is 0 Å². The molecule has 1 amide bonds. The van der Waals surface area contributed by atoms with Crippen molar-refractivity contribution in [2.75, 3.05) is 13.1 Å². The average Bonchev–Trinajstić information content (AvgIpc) is 2.00. The molecule has 0 aromatic rings. The van der Waals surface area contributed by atoms with E-state index in [9.17, 15) is 4.79 Å². The molecule has 0 aromatic heterocycles. The molecule has 1 aliphatic heterocycles. The molecule has 1 fully saturated rings.